The fourth-order valence-corrected chi connectivity index (χ4v) is 3.87. The van der Waals surface area contributed by atoms with Crippen LogP contribution in [0.15, 0.2) is 72.3 Å². The number of hydrogen-bond donors (Lipinski definition) is 1. The fraction of sp³-hybridized carbons (Fsp3) is 0.0800. The van der Waals surface area contributed by atoms with Gasteiger partial charge >= 0.3 is 6.03 Å². The van der Waals surface area contributed by atoms with Crippen molar-refractivity contribution in [3.05, 3.63) is 99.0 Å². The lowest BCUT2D eigenvalue weighted by Crippen LogP contribution is -2.54. The molecule has 1 aliphatic rings. The second-order valence-electron chi connectivity index (χ2n) is 7.37. The zero-order valence-electron chi connectivity index (χ0n) is 17.5. The predicted octanol–water partition coefficient (Wildman–Crippen LogP) is 5.55. The number of anilines is 1. The van der Waals surface area contributed by atoms with Crippen LogP contribution in [0, 0.1) is 6.92 Å². The van der Waals surface area contributed by atoms with Crippen molar-refractivity contribution < 1.29 is 19.1 Å². The van der Waals surface area contributed by atoms with Crippen LogP contribution in [0.4, 0.5) is 10.5 Å². The summed E-state index contributed by atoms with van der Waals surface area (Å²) in [6, 6.07) is 18.3. The van der Waals surface area contributed by atoms with Gasteiger partial charge in [-0.2, -0.15) is 0 Å². The number of urea groups is 1. The van der Waals surface area contributed by atoms with E-state index in [2.05, 4.69) is 5.32 Å². The summed E-state index contributed by atoms with van der Waals surface area (Å²) < 4.78 is 5.93. The molecule has 0 saturated carbocycles. The molecular weight excluding hydrogens is 463 g/mol. The third-order valence-corrected chi connectivity index (χ3v) is 5.46. The molecule has 1 aliphatic heterocycles. The van der Waals surface area contributed by atoms with Gasteiger partial charge in [0.15, 0.2) is 0 Å². The van der Waals surface area contributed by atoms with Crippen LogP contribution in [0.1, 0.15) is 16.7 Å². The molecule has 0 spiro atoms. The molecule has 1 heterocycles. The van der Waals surface area contributed by atoms with Crippen LogP contribution in [-0.2, 0) is 16.2 Å². The highest BCUT2D eigenvalue weighted by atomic mass is 35.5. The van der Waals surface area contributed by atoms with Crippen molar-refractivity contribution in [3.63, 3.8) is 0 Å². The van der Waals surface area contributed by atoms with E-state index in [0.29, 0.717) is 16.3 Å². The lowest BCUT2D eigenvalue weighted by Gasteiger charge is -2.26. The molecule has 1 saturated heterocycles. The van der Waals surface area contributed by atoms with E-state index >= 15 is 0 Å². The summed E-state index contributed by atoms with van der Waals surface area (Å²) in [4.78, 5) is 38.9. The number of halogens is 2. The van der Waals surface area contributed by atoms with Crippen LogP contribution in [0.3, 0.4) is 0 Å². The highest BCUT2D eigenvalue weighted by Gasteiger charge is 2.37. The predicted molar refractivity (Wildman–Crippen MR) is 127 cm³/mol. The zero-order chi connectivity index (χ0) is 23.5. The Labute approximate surface area is 200 Å². The van der Waals surface area contributed by atoms with Crippen molar-refractivity contribution in [1.29, 1.82) is 0 Å². The first-order valence-corrected chi connectivity index (χ1v) is 10.7. The van der Waals surface area contributed by atoms with Gasteiger partial charge in [0.05, 0.1) is 10.7 Å². The molecular formula is C25H18Cl2N2O4. The molecule has 8 heteroatoms. The number of barbiturate groups is 1. The lowest BCUT2D eigenvalue weighted by atomic mass is 10.1. The topological polar surface area (TPSA) is 75.7 Å². The second-order valence-corrected chi connectivity index (χ2v) is 8.22. The smallest absolute Gasteiger partial charge is 0.335 e. The molecule has 3 aromatic carbocycles. The first-order chi connectivity index (χ1) is 15.8. The minimum Gasteiger partial charge on any atom is -0.487 e. The van der Waals surface area contributed by atoms with E-state index in [1.807, 2.05) is 31.2 Å². The Morgan fingerprint density at radius 2 is 1.67 bits per heavy atom. The SMILES string of the molecule is Cc1ccc(COc2c(Cl)cc(Cl)cc2/C=C2\C(=O)NC(=O)N(c3ccccc3)C2=O)cc1. The van der Waals surface area contributed by atoms with E-state index < -0.39 is 17.8 Å². The number of hydrogen-bond acceptors (Lipinski definition) is 4. The van der Waals surface area contributed by atoms with Crippen molar-refractivity contribution in [2.75, 3.05) is 4.90 Å². The Hall–Kier alpha value is -3.61. The molecule has 166 valence electrons. The molecule has 0 atom stereocenters. The van der Waals surface area contributed by atoms with Crippen molar-refractivity contribution in [2.45, 2.75) is 13.5 Å². The summed E-state index contributed by atoms with van der Waals surface area (Å²) >= 11 is 12.6. The average molecular weight is 481 g/mol. The maximum absolute atomic E-state index is 13.1. The van der Waals surface area contributed by atoms with Gasteiger partial charge in [-0.15, -0.1) is 0 Å². The molecule has 4 rings (SSSR count). The molecule has 0 radical (unpaired) electrons. The standard InChI is InChI=1S/C25H18Cl2N2O4/c1-15-7-9-16(10-8-15)14-33-22-17(11-18(26)13-21(22)27)12-20-23(30)28-25(32)29(24(20)31)19-5-3-2-4-6-19/h2-13H,14H2,1H3,(H,28,30,32)/b20-12+. The summed E-state index contributed by atoms with van der Waals surface area (Å²) in [5, 5.41) is 2.72. The van der Waals surface area contributed by atoms with Crippen LogP contribution < -0.4 is 15.0 Å². The third kappa shape index (κ3) is 4.92. The number of imide groups is 2. The van der Waals surface area contributed by atoms with Crippen LogP contribution in [0.5, 0.6) is 5.75 Å². The van der Waals surface area contributed by atoms with Crippen LogP contribution >= 0.6 is 23.2 Å². The Morgan fingerprint density at radius 1 is 0.970 bits per heavy atom. The van der Waals surface area contributed by atoms with Gasteiger partial charge < -0.3 is 4.74 Å². The maximum Gasteiger partial charge on any atom is 0.335 e. The summed E-state index contributed by atoms with van der Waals surface area (Å²) in [5.41, 5.74) is 2.45. The van der Waals surface area contributed by atoms with E-state index in [0.717, 1.165) is 16.0 Å². The normalized spacial score (nSPS) is 15.1. The van der Waals surface area contributed by atoms with E-state index in [-0.39, 0.29) is 23.0 Å². The monoisotopic (exact) mass is 480 g/mol. The summed E-state index contributed by atoms with van der Waals surface area (Å²) in [5.74, 6) is -1.33. The largest absolute Gasteiger partial charge is 0.487 e. The third-order valence-electron chi connectivity index (χ3n) is 4.96. The number of para-hydroxylation sites is 1. The summed E-state index contributed by atoms with van der Waals surface area (Å²) in [7, 11) is 0. The number of benzene rings is 3. The Kier molecular flexibility index (Phi) is 6.49. The number of ether oxygens (including phenoxy) is 1. The van der Waals surface area contributed by atoms with Crippen molar-refractivity contribution in [2.24, 2.45) is 0 Å². The van der Waals surface area contributed by atoms with Gasteiger partial charge in [0.1, 0.15) is 17.9 Å². The maximum atomic E-state index is 13.1. The van der Waals surface area contributed by atoms with Crippen molar-refractivity contribution in [1.82, 2.24) is 5.32 Å². The summed E-state index contributed by atoms with van der Waals surface area (Å²) in [6.45, 7) is 2.20. The molecule has 0 unspecified atom stereocenters. The van der Waals surface area contributed by atoms with Gasteiger partial charge in [-0.1, -0.05) is 71.2 Å². The van der Waals surface area contributed by atoms with Gasteiger partial charge in [0, 0.05) is 10.6 Å². The molecule has 1 fully saturated rings. The minimum absolute atomic E-state index is 0.215. The highest BCUT2D eigenvalue weighted by molar-refractivity contribution is 6.40. The molecule has 0 bridgehead atoms. The van der Waals surface area contributed by atoms with Gasteiger partial charge in [-0.05, 0) is 42.8 Å². The van der Waals surface area contributed by atoms with E-state index in [1.54, 1.807) is 30.3 Å². The van der Waals surface area contributed by atoms with Crippen molar-refractivity contribution in [3.8, 4) is 5.75 Å². The first kappa shape index (κ1) is 22.6. The van der Waals surface area contributed by atoms with Gasteiger partial charge in [0.25, 0.3) is 11.8 Å². The number of nitrogens with zero attached hydrogens (tertiary/aromatic N) is 1. The van der Waals surface area contributed by atoms with Gasteiger partial charge in [-0.3, -0.25) is 14.9 Å². The number of carbonyl (C=O) groups is 3. The Bertz CT molecular complexity index is 1270. The van der Waals surface area contributed by atoms with Crippen LogP contribution in [-0.4, -0.2) is 17.8 Å². The molecule has 6 nitrogen and oxygen atoms in total. The van der Waals surface area contributed by atoms with E-state index in [4.69, 9.17) is 27.9 Å². The number of amides is 4. The Morgan fingerprint density at radius 3 is 2.36 bits per heavy atom. The number of rotatable bonds is 5. The molecule has 4 amide bonds. The number of carbonyl (C=O) groups excluding carboxylic acids is 3. The second kappa shape index (κ2) is 9.48. The molecule has 0 aliphatic carbocycles. The van der Waals surface area contributed by atoms with Gasteiger partial charge in [0.2, 0.25) is 0 Å². The fourth-order valence-electron chi connectivity index (χ4n) is 3.30. The average Bonchev–Trinajstić information content (AvgIpc) is 2.77. The van der Waals surface area contributed by atoms with Crippen molar-refractivity contribution >= 4 is 52.8 Å². The van der Waals surface area contributed by atoms with Crippen LogP contribution in [0.2, 0.25) is 10.0 Å². The number of aryl methyl sites for hydroxylation is 1. The zero-order valence-corrected chi connectivity index (χ0v) is 19.0. The minimum atomic E-state index is -0.826. The molecule has 0 aromatic heterocycles. The quantitative estimate of drug-likeness (QED) is 0.383. The highest BCUT2D eigenvalue weighted by Crippen LogP contribution is 2.35. The first-order valence-electron chi connectivity index (χ1n) is 9.97. The number of nitrogens with one attached hydrogen (secondary N) is 1. The van der Waals surface area contributed by atoms with Gasteiger partial charge in [-0.25, -0.2) is 9.69 Å². The molecule has 33 heavy (non-hydrogen) atoms. The molecule has 3 aromatic rings. The molecule has 1 N–H and O–H groups in total. The van der Waals surface area contributed by atoms with E-state index in [1.165, 1.54) is 18.2 Å². The Balaban J connectivity index is 1.70. The van der Waals surface area contributed by atoms with Crippen LogP contribution in [0.25, 0.3) is 6.08 Å². The lowest BCUT2D eigenvalue weighted by molar-refractivity contribution is -0.122. The van der Waals surface area contributed by atoms with E-state index in [9.17, 15) is 14.4 Å². The summed E-state index contributed by atoms with van der Waals surface area (Å²) in [6.07, 6.45) is 1.32.